The first-order valence-corrected chi connectivity index (χ1v) is 3.47. The third kappa shape index (κ3) is 4.97. The molecule has 1 aromatic carbocycles. The molecule has 0 aliphatic carbocycles. The number of hydrogen-bond donors (Lipinski definition) is 2. The molecule has 0 bridgehead atoms. The van der Waals surface area contributed by atoms with Crippen LogP contribution in [0, 0.1) is 0 Å². The minimum absolute atomic E-state index is 0. The first kappa shape index (κ1) is 13.4. The molecule has 0 fully saturated rings. The Kier molecular flexibility index (Phi) is 6.98. The average Bonchev–Trinajstić information content (AvgIpc) is 2.03. The van der Waals surface area contributed by atoms with Crippen molar-refractivity contribution in [2.45, 2.75) is 0 Å². The molecule has 5 heteroatoms. The van der Waals surface area contributed by atoms with Crippen LogP contribution in [-0.2, 0) is 0 Å². The Morgan fingerprint density at radius 3 is 2.62 bits per heavy atom. The zero-order valence-corrected chi connectivity index (χ0v) is 6.47. The van der Waals surface area contributed by atoms with Gasteiger partial charge in [0.1, 0.15) is 5.75 Å². The summed E-state index contributed by atoms with van der Waals surface area (Å²) in [4.78, 5) is 0. The Bertz CT molecular complexity index is 278. The van der Waals surface area contributed by atoms with E-state index in [1.165, 1.54) is 0 Å². The summed E-state index contributed by atoms with van der Waals surface area (Å²) in [7, 11) is -1.77. The molecule has 0 radical (unpaired) electrons. The van der Waals surface area contributed by atoms with Gasteiger partial charge >= 0.3 is 58.7 Å². The van der Waals surface area contributed by atoms with Gasteiger partial charge in [-0.15, -0.1) is 0 Å². The van der Waals surface area contributed by atoms with Crippen LogP contribution in [0.5, 0.6) is 5.75 Å². The molecule has 0 amide bonds. The van der Waals surface area contributed by atoms with Crippen molar-refractivity contribution >= 4 is 64.8 Å². The number of benzene rings is 1. The average molecular weight is 204 g/mol. The van der Waals surface area contributed by atoms with Gasteiger partial charge in [0.25, 0.3) is 0 Å². The van der Waals surface area contributed by atoms with Gasteiger partial charge in [-0.2, -0.15) is 0 Å². The van der Waals surface area contributed by atoms with Crippen molar-refractivity contribution in [1.82, 2.24) is 0 Å². The van der Waals surface area contributed by atoms with Gasteiger partial charge in [-0.05, 0) is 17.7 Å². The van der Waals surface area contributed by atoms with Crippen molar-refractivity contribution in [3.05, 3.63) is 36.4 Å². The monoisotopic (exact) mass is 204 g/mol. The molecule has 13 heavy (non-hydrogen) atoms. The quantitative estimate of drug-likeness (QED) is 0.683. The van der Waals surface area contributed by atoms with Crippen molar-refractivity contribution in [2.75, 3.05) is 0 Å². The van der Waals surface area contributed by atoms with Crippen molar-refractivity contribution in [3.63, 3.8) is 0 Å². The first-order chi connectivity index (χ1) is 5.72. The van der Waals surface area contributed by atoms with Gasteiger partial charge in [0.05, 0.1) is 0 Å². The number of hydrogen-bond acceptors (Lipinski definition) is 3. The Labute approximate surface area is 120 Å². The summed E-state index contributed by atoms with van der Waals surface area (Å²) in [5.41, 5.74) is 0.869. The zero-order chi connectivity index (χ0) is 8.97. The molecule has 3 nitrogen and oxygen atoms in total. The molecule has 0 unspecified atom stereocenters. The second kappa shape index (κ2) is 6.78. The third-order valence-electron chi connectivity index (χ3n) is 1.34. The van der Waals surface area contributed by atoms with Crippen molar-refractivity contribution in [2.24, 2.45) is 0 Å². The zero-order valence-electron chi connectivity index (χ0n) is 6.47. The van der Waals surface area contributed by atoms with Gasteiger partial charge in [-0.25, -0.2) is 0 Å². The fourth-order valence-corrected chi connectivity index (χ4v) is 0.837. The Morgan fingerprint density at radius 1 is 1.38 bits per heavy atom. The Morgan fingerprint density at radius 2 is 2.08 bits per heavy atom. The van der Waals surface area contributed by atoms with Crippen molar-refractivity contribution in [3.8, 4) is 5.75 Å². The molecule has 0 saturated carbocycles. The predicted octanol–water partition coefficient (Wildman–Crippen LogP) is 0.0294. The standard InChI is InChI=1S/C8H9BO3.K.H/c1-2-7-4-3-5-8(6-7)12-9(10)11;;/h2-6,10-11H,1H2;;. The van der Waals surface area contributed by atoms with E-state index in [9.17, 15) is 0 Å². The van der Waals surface area contributed by atoms with E-state index in [1.54, 1.807) is 24.3 Å². The van der Waals surface area contributed by atoms with Gasteiger partial charge in [0.2, 0.25) is 0 Å². The van der Waals surface area contributed by atoms with Crippen LogP contribution in [0.4, 0.5) is 0 Å². The van der Waals surface area contributed by atoms with E-state index in [4.69, 9.17) is 10.0 Å². The van der Waals surface area contributed by atoms with E-state index < -0.39 is 7.32 Å². The molecule has 1 rings (SSSR count). The predicted molar refractivity (Wildman–Crippen MR) is 54.5 cm³/mol. The van der Waals surface area contributed by atoms with Gasteiger partial charge in [-0.3, -0.25) is 0 Å². The van der Waals surface area contributed by atoms with Crippen LogP contribution in [0.2, 0.25) is 0 Å². The summed E-state index contributed by atoms with van der Waals surface area (Å²) in [6, 6.07) is 6.87. The maximum atomic E-state index is 8.48. The molecule has 2 N–H and O–H groups in total. The summed E-state index contributed by atoms with van der Waals surface area (Å²) in [5, 5.41) is 17.0. The molecule has 0 spiro atoms. The first-order valence-electron chi connectivity index (χ1n) is 3.47. The number of rotatable bonds is 3. The molecule has 0 aromatic heterocycles. The summed E-state index contributed by atoms with van der Waals surface area (Å²) in [6.45, 7) is 3.57. The fourth-order valence-electron chi connectivity index (χ4n) is 0.837. The van der Waals surface area contributed by atoms with Gasteiger partial charge in [-0.1, -0.05) is 24.8 Å². The minimum atomic E-state index is -1.77. The van der Waals surface area contributed by atoms with Crippen LogP contribution in [0.3, 0.4) is 0 Å². The summed E-state index contributed by atoms with van der Waals surface area (Å²) in [5.74, 6) is 0.405. The Balaban J connectivity index is 0.00000144. The second-order valence-corrected chi connectivity index (χ2v) is 2.22. The van der Waals surface area contributed by atoms with Gasteiger partial charge in [0, 0.05) is 0 Å². The van der Waals surface area contributed by atoms with E-state index in [0.717, 1.165) is 5.56 Å². The van der Waals surface area contributed by atoms with Crippen LogP contribution >= 0.6 is 0 Å². The summed E-state index contributed by atoms with van der Waals surface area (Å²) < 4.78 is 4.62. The third-order valence-corrected chi connectivity index (χ3v) is 1.34. The van der Waals surface area contributed by atoms with E-state index in [1.807, 2.05) is 6.07 Å². The van der Waals surface area contributed by atoms with E-state index in [0.29, 0.717) is 5.75 Å². The van der Waals surface area contributed by atoms with Gasteiger partial charge < -0.3 is 14.7 Å². The SMILES string of the molecule is C=Cc1cccc(OB(O)O)c1.[KH]. The van der Waals surface area contributed by atoms with Crippen molar-refractivity contribution < 1.29 is 14.7 Å². The Hall–Kier alpha value is 0.381. The summed E-state index contributed by atoms with van der Waals surface area (Å²) in [6.07, 6.45) is 1.65. The molecular weight excluding hydrogens is 194 g/mol. The molecule has 1 aromatic rings. The molecule has 0 aliphatic rings. The van der Waals surface area contributed by atoms with E-state index >= 15 is 0 Å². The summed E-state index contributed by atoms with van der Waals surface area (Å²) >= 11 is 0. The van der Waals surface area contributed by atoms with Crippen LogP contribution in [-0.4, -0.2) is 68.8 Å². The molecule has 0 aliphatic heterocycles. The maximum absolute atomic E-state index is 8.48. The second-order valence-electron chi connectivity index (χ2n) is 2.22. The molecule has 0 heterocycles. The van der Waals surface area contributed by atoms with E-state index in [2.05, 4.69) is 11.2 Å². The normalized spacial score (nSPS) is 8.46. The van der Waals surface area contributed by atoms with Crippen LogP contribution in [0.1, 0.15) is 5.56 Å². The van der Waals surface area contributed by atoms with Crippen LogP contribution in [0.25, 0.3) is 6.08 Å². The van der Waals surface area contributed by atoms with Crippen LogP contribution < -0.4 is 4.65 Å². The van der Waals surface area contributed by atoms with Crippen molar-refractivity contribution in [1.29, 1.82) is 0 Å². The molecule has 0 atom stereocenters. The fraction of sp³-hybridized carbons (Fsp3) is 0. The van der Waals surface area contributed by atoms with Gasteiger partial charge in [0.15, 0.2) is 0 Å². The molecule has 64 valence electrons. The van der Waals surface area contributed by atoms with Crippen LogP contribution in [0.15, 0.2) is 30.8 Å². The van der Waals surface area contributed by atoms with E-state index in [-0.39, 0.29) is 51.4 Å². The molecule has 0 saturated heterocycles. The molecular formula is C8H10BKO3. The topological polar surface area (TPSA) is 49.7 Å².